The number of nitrogens with two attached hydrogens (primary N) is 1. The largest absolute Gasteiger partial charge is 0.373 e. The number of hydrogen-bond acceptors (Lipinski definition) is 5. The van der Waals surface area contributed by atoms with Crippen molar-refractivity contribution in [3.63, 3.8) is 0 Å². The minimum atomic E-state index is -0.485. The van der Waals surface area contributed by atoms with Gasteiger partial charge >= 0.3 is 0 Å². The minimum Gasteiger partial charge on any atom is -0.373 e. The first-order valence-electron chi connectivity index (χ1n) is 12.8. The van der Waals surface area contributed by atoms with E-state index in [0.717, 1.165) is 47.8 Å². The maximum absolute atomic E-state index is 12.1. The molecule has 0 aliphatic carbocycles. The number of rotatable bonds is 9. The van der Waals surface area contributed by atoms with E-state index in [9.17, 15) is 4.79 Å². The van der Waals surface area contributed by atoms with Crippen LogP contribution >= 0.6 is 0 Å². The molecule has 4 aromatic rings. The summed E-state index contributed by atoms with van der Waals surface area (Å²) in [7, 11) is 1.87. The number of aromatic nitrogens is 3. The molecule has 0 saturated carbocycles. The molecule has 3 heterocycles. The first kappa shape index (κ1) is 24.0. The van der Waals surface area contributed by atoms with E-state index in [2.05, 4.69) is 61.6 Å². The maximum Gasteiger partial charge on any atom is 0.250 e. The maximum atomic E-state index is 12.1. The SMILES string of the molecule is CNc1nccc(CCCN2CCC(Cc3ccccc3)CC2)c1-c1cc(C(N)=O)c2nc[nH]c2c1. The summed E-state index contributed by atoms with van der Waals surface area (Å²) in [4.78, 5) is 26.7. The molecule has 1 aliphatic rings. The van der Waals surface area contributed by atoms with Gasteiger partial charge in [0.2, 0.25) is 0 Å². The number of aromatic amines is 1. The van der Waals surface area contributed by atoms with Crippen molar-refractivity contribution in [3.05, 3.63) is 77.7 Å². The summed E-state index contributed by atoms with van der Waals surface area (Å²) in [5.41, 5.74) is 12.1. The third-order valence-electron chi connectivity index (χ3n) is 7.35. The van der Waals surface area contributed by atoms with Gasteiger partial charge in [-0.15, -0.1) is 0 Å². The van der Waals surface area contributed by atoms with Crippen LogP contribution in [0, 0.1) is 5.92 Å². The van der Waals surface area contributed by atoms with Crippen molar-refractivity contribution >= 4 is 22.8 Å². The van der Waals surface area contributed by atoms with E-state index in [1.54, 1.807) is 6.33 Å². The van der Waals surface area contributed by atoms with Crippen molar-refractivity contribution in [1.29, 1.82) is 0 Å². The Hall–Kier alpha value is -3.71. The van der Waals surface area contributed by atoms with Gasteiger partial charge in [-0.05, 0) is 92.5 Å². The van der Waals surface area contributed by atoms with Crippen molar-refractivity contribution in [2.24, 2.45) is 11.7 Å². The van der Waals surface area contributed by atoms with Crippen molar-refractivity contribution in [2.45, 2.75) is 32.1 Å². The van der Waals surface area contributed by atoms with Gasteiger partial charge in [-0.25, -0.2) is 9.97 Å². The number of imidazole rings is 1. The third-order valence-corrected chi connectivity index (χ3v) is 7.35. The van der Waals surface area contributed by atoms with E-state index < -0.39 is 5.91 Å². The number of likely N-dealkylation sites (tertiary alicyclic amines) is 1. The highest BCUT2D eigenvalue weighted by Gasteiger charge is 2.20. The fraction of sp³-hybridized carbons (Fsp3) is 0.345. The number of hydrogen-bond donors (Lipinski definition) is 3. The van der Waals surface area contributed by atoms with Gasteiger partial charge in [0.1, 0.15) is 11.3 Å². The van der Waals surface area contributed by atoms with Gasteiger partial charge in [-0.1, -0.05) is 30.3 Å². The van der Waals surface area contributed by atoms with Crippen LogP contribution in [0.5, 0.6) is 0 Å². The molecule has 2 aromatic carbocycles. The quantitative estimate of drug-likeness (QED) is 0.322. The first-order valence-corrected chi connectivity index (χ1v) is 12.8. The summed E-state index contributed by atoms with van der Waals surface area (Å²) in [6.45, 7) is 3.42. The monoisotopic (exact) mass is 482 g/mol. The third kappa shape index (κ3) is 5.26. The summed E-state index contributed by atoms with van der Waals surface area (Å²) in [6.07, 6.45) is 9.16. The number of aryl methyl sites for hydroxylation is 1. The van der Waals surface area contributed by atoms with Crippen LogP contribution in [0.4, 0.5) is 5.82 Å². The molecule has 186 valence electrons. The van der Waals surface area contributed by atoms with Crippen molar-refractivity contribution < 1.29 is 4.79 Å². The van der Waals surface area contributed by atoms with E-state index in [4.69, 9.17) is 5.73 Å². The number of nitrogens with one attached hydrogen (secondary N) is 2. The van der Waals surface area contributed by atoms with Gasteiger partial charge in [0, 0.05) is 18.8 Å². The minimum absolute atomic E-state index is 0.416. The Morgan fingerprint density at radius 2 is 1.94 bits per heavy atom. The zero-order valence-corrected chi connectivity index (χ0v) is 20.8. The molecule has 7 nitrogen and oxygen atoms in total. The fourth-order valence-electron chi connectivity index (χ4n) is 5.46. The molecule has 0 atom stereocenters. The van der Waals surface area contributed by atoms with Crippen molar-refractivity contribution in [1.82, 2.24) is 19.9 Å². The molecule has 1 fully saturated rings. The Kier molecular flexibility index (Phi) is 7.28. The van der Waals surface area contributed by atoms with Crippen LogP contribution in [0.1, 0.15) is 40.7 Å². The zero-order valence-electron chi connectivity index (χ0n) is 20.8. The number of piperidine rings is 1. The Bertz CT molecular complexity index is 1320. The lowest BCUT2D eigenvalue weighted by Gasteiger charge is -2.32. The normalized spacial score (nSPS) is 14.8. The summed E-state index contributed by atoms with van der Waals surface area (Å²) >= 11 is 0. The molecule has 4 N–H and O–H groups in total. The predicted octanol–water partition coefficient (Wildman–Crippen LogP) is 4.65. The second-order valence-electron chi connectivity index (χ2n) is 9.71. The number of pyridine rings is 1. The van der Waals surface area contributed by atoms with Gasteiger partial charge in [-0.2, -0.15) is 0 Å². The number of amides is 1. The molecule has 1 saturated heterocycles. The van der Waals surface area contributed by atoms with Crippen molar-refractivity contribution in [3.8, 4) is 11.1 Å². The highest BCUT2D eigenvalue weighted by atomic mass is 16.1. The Labute approximate surface area is 212 Å². The number of carbonyl (C=O) groups excluding carboxylic acids is 1. The lowest BCUT2D eigenvalue weighted by Crippen LogP contribution is -2.35. The zero-order chi connectivity index (χ0) is 24.9. The number of nitrogens with zero attached hydrogens (tertiary/aromatic N) is 3. The van der Waals surface area contributed by atoms with Crippen LogP contribution in [0.25, 0.3) is 22.2 Å². The van der Waals surface area contributed by atoms with E-state index >= 15 is 0 Å². The number of H-pyrrole nitrogens is 1. The molecule has 36 heavy (non-hydrogen) atoms. The molecule has 1 amide bonds. The van der Waals surface area contributed by atoms with Gasteiger partial charge < -0.3 is 20.9 Å². The molecule has 0 bridgehead atoms. The van der Waals surface area contributed by atoms with Crippen LogP contribution in [0.15, 0.2) is 61.1 Å². The highest BCUT2D eigenvalue weighted by molar-refractivity contribution is 6.06. The molecule has 0 radical (unpaired) electrons. The van der Waals surface area contributed by atoms with Gasteiger partial charge in [-0.3, -0.25) is 4.79 Å². The molecule has 1 aliphatic heterocycles. The Morgan fingerprint density at radius 1 is 1.14 bits per heavy atom. The van der Waals surface area contributed by atoms with E-state index in [-0.39, 0.29) is 0 Å². The second kappa shape index (κ2) is 10.9. The average Bonchev–Trinajstić information content (AvgIpc) is 3.38. The highest BCUT2D eigenvalue weighted by Crippen LogP contribution is 2.34. The molecular formula is C29H34N6O. The fourth-order valence-corrected chi connectivity index (χ4v) is 5.46. The number of anilines is 1. The molecular weight excluding hydrogens is 448 g/mol. The summed E-state index contributed by atoms with van der Waals surface area (Å²) in [5, 5.41) is 3.23. The molecule has 5 rings (SSSR count). The lowest BCUT2D eigenvalue weighted by molar-refractivity contribution is 0.100. The van der Waals surface area contributed by atoms with E-state index in [1.165, 1.54) is 43.5 Å². The Balaban J connectivity index is 1.26. The summed E-state index contributed by atoms with van der Waals surface area (Å²) < 4.78 is 0. The number of primary amides is 1. The van der Waals surface area contributed by atoms with Gasteiger partial charge in [0.15, 0.2) is 0 Å². The van der Waals surface area contributed by atoms with Crippen LogP contribution in [0.2, 0.25) is 0 Å². The average molecular weight is 483 g/mol. The van der Waals surface area contributed by atoms with Gasteiger partial charge in [0.25, 0.3) is 5.91 Å². The second-order valence-corrected chi connectivity index (χ2v) is 9.71. The molecule has 0 spiro atoms. The standard InChI is InChI=1S/C29H34N6O/c1-31-29-26(23-17-24(28(30)36)27-25(18-23)33-19-34-27)22(9-12-32-29)8-5-13-35-14-10-21(11-15-35)16-20-6-3-2-4-7-20/h2-4,6-7,9,12,17-19,21H,5,8,10-11,13-16H2,1H3,(H2,30,36)(H,31,32)(H,33,34). The van der Waals surface area contributed by atoms with Crippen molar-refractivity contribution in [2.75, 3.05) is 32.0 Å². The topological polar surface area (TPSA) is 99.9 Å². The van der Waals surface area contributed by atoms with E-state index in [1.807, 2.05) is 25.4 Å². The lowest BCUT2D eigenvalue weighted by atomic mass is 9.90. The number of fused-ring (bicyclic) bond motifs is 1. The molecule has 2 aromatic heterocycles. The summed E-state index contributed by atoms with van der Waals surface area (Å²) in [6, 6.07) is 16.8. The van der Waals surface area contributed by atoms with E-state index in [0.29, 0.717) is 11.1 Å². The predicted molar refractivity (Wildman–Crippen MR) is 145 cm³/mol. The number of benzene rings is 2. The number of carbonyl (C=O) groups is 1. The van der Waals surface area contributed by atoms with Gasteiger partial charge in [0.05, 0.1) is 17.4 Å². The van der Waals surface area contributed by atoms with Crippen LogP contribution in [-0.4, -0.2) is 52.4 Å². The molecule has 0 unspecified atom stereocenters. The van der Waals surface area contributed by atoms with Crippen LogP contribution in [-0.2, 0) is 12.8 Å². The first-order chi connectivity index (χ1) is 17.6. The summed E-state index contributed by atoms with van der Waals surface area (Å²) in [5.74, 6) is 1.09. The van der Waals surface area contributed by atoms with Crippen LogP contribution in [0.3, 0.4) is 0 Å². The van der Waals surface area contributed by atoms with Crippen LogP contribution < -0.4 is 11.1 Å². The molecule has 7 heteroatoms. The Morgan fingerprint density at radius 3 is 2.69 bits per heavy atom. The smallest absolute Gasteiger partial charge is 0.250 e.